The van der Waals surface area contributed by atoms with Crippen LogP contribution in [0, 0.1) is 6.92 Å². The van der Waals surface area contributed by atoms with Crippen LogP contribution in [0.5, 0.6) is 0 Å². The number of aryl methyl sites for hydroxylation is 1. The Morgan fingerprint density at radius 3 is 2.35 bits per heavy atom. The number of guanidine groups is 1. The highest BCUT2D eigenvalue weighted by Crippen LogP contribution is 2.17. The highest BCUT2D eigenvalue weighted by molar-refractivity contribution is 7.90. The topological polar surface area (TPSA) is 82.6 Å². The standard InChI is InChI=1S/C15H17ClN4O2S/c1-11-5-3-4-6-14(11)23(21,22)20-15(19-17-2)18-13-9-7-12(16)8-10-13/h3-10,17H,1-2H3,(H2,18,19,20). The molecule has 0 bridgehead atoms. The van der Waals surface area contributed by atoms with Crippen molar-refractivity contribution in [2.45, 2.75) is 11.8 Å². The minimum absolute atomic E-state index is 0.0538. The van der Waals surface area contributed by atoms with Crippen molar-refractivity contribution in [1.29, 1.82) is 0 Å². The lowest BCUT2D eigenvalue weighted by molar-refractivity contribution is 0.597. The molecule has 122 valence electrons. The predicted molar refractivity (Wildman–Crippen MR) is 93.1 cm³/mol. The van der Waals surface area contributed by atoms with Crippen molar-refractivity contribution in [3.05, 3.63) is 59.1 Å². The maximum atomic E-state index is 12.5. The molecule has 2 aromatic rings. The van der Waals surface area contributed by atoms with Crippen LogP contribution in [0.3, 0.4) is 0 Å². The van der Waals surface area contributed by atoms with E-state index < -0.39 is 10.0 Å². The van der Waals surface area contributed by atoms with Gasteiger partial charge < -0.3 is 5.32 Å². The van der Waals surface area contributed by atoms with E-state index in [1.807, 2.05) is 0 Å². The zero-order valence-electron chi connectivity index (χ0n) is 12.7. The quantitative estimate of drug-likeness (QED) is 0.447. The van der Waals surface area contributed by atoms with Gasteiger partial charge in [-0.15, -0.1) is 4.40 Å². The third-order valence-electron chi connectivity index (χ3n) is 2.93. The summed E-state index contributed by atoms with van der Waals surface area (Å²) in [4.78, 5) is 0.160. The minimum Gasteiger partial charge on any atom is -0.324 e. The van der Waals surface area contributed by atoms with Gasteiger partial charge in [0.05, 0.1) is 4.90 Å². The average molecular weight is 353 g/mol. The van der Waals surface area contributed by atoms with Gasteiger partial charge in [-0.3, -0.25) is 5.43 Å². The molecule has 23 heavy (non-hydrogen) atoms. The number of rotatable bonds is 4. The van der Waals surface area contributed by atoms with E-state index in [1.54, 1.807) is 56.4 Å². The van der Waals surface area contributed by atoms with Gasteiger partial charge >= 0.3 is 0 Å². The zero-order chi connectivity index (χ0) is 16.9. The molecule has 0 saturated heterocycles. The lowest BCUT2D eigenvalue weighted by Crippen LogP contribution is -2.39. The molecule has 0 amide bonds. The van der Waals surface area contributed by atoms with E-state index in [4.69, 9.17) is 11.6 Å². The molecule has 8 heteroatoms. The number of halogens is 1. The molecule has 0 aliphatic carbocycles. The van der Waals surface area contributed by atoms with Crippen LogP contribution in [0.4, 0.5) is 5.69 Å². The molecule has 2 aromatic carbocycles. The third kappa shape index (κ3) is 4.69. The number of hydrogen-bond acceptors (Lipinski definition) is 3. The SMILES string of the molecule is CNNC(=NS(=O)(=O)c1ccccc1C)Nc1ccc(Cl)cc1. The molecule has 0 atom stereocenters. The Balaban J connectivity index is 2.34. The van der Waals surface area contributed by atoms with Gasteiger partial charge in [0, 0.05) is 17.8 Å². The fourth-order valence-electron chi connectivity index (χ4n) is 1.88. The molecule has 3 N–H and O–H groups in total. The van der Waals surface area contributed by atoms with Crippen LogP contribution in [-0.4, -0.2) is 21.4 Å². The van der Waals surface area contributed by atoms with E-state index >= 15 is 0 Å². The smallest absolute Gasteiger partial charge is 0.285 e. The van der Waals surface area contributed by atoms with Gasteiger partial charge in [0.25, 0.3) is 10.0 Å². The molecule has 0 aliphatic rings. The molecular weight excluding hydrogens is 336 g/mol. The average Bonchev–Trinajstić information content (AvgIpc) is 2.49. The molecule has 6 nitrogen and oxygen atoms in total. The van der Waals surface area contributed by atoms with E-state index in [-0.39, 0.29) is 10.9 Å². The van der Waals surface area contributed by atoms with Gasteiger partial charge in [-0.1, -0.05) is 29.8 Å². The van der Waals surface area contributed by atoms with Gasteiger partial charge in [-0.05, 0) is 42.8 Å². The summed E-state index contributed by atoms with van der Waals surface area (Å²) in [7, 11) is -2.23. The van der Waals surface area contributed by atoms with Crippen molar-refractivity contribution in [2.24, 2.45) is 4.40 Å². The first-order chi connectivity index (χ1) is 10.9. The van der Waals surface area contributed by atoms with Gasteiger partial charge in [0.15, 0.2) is 0 Å². The van der Waals surface area contributed by atoms with Crippen LogP contribution in [-0.2, 0) is 10.0 Å². The Bertz CT molecular complexity index is 804. The number of anilines is 1. The summed E-state index contributed by atoms with van der Waals surface area (Å²) >= 11 is 5.83. The zero-order valence-corrected chi connectivity index (χ0v) is 14.2. The number of nitrogens with zero attached hydrogens (tertiary/aromatic N) is 1. The summed E-state index contributed by atoms with van der Waals surface area (Å²) in [5.41, 5.74) is 6.60. The summed E-state index contributed by atoms with van der Waals surface area (Å²) in [5.74, 6) is 0.0538. The Kier molecular flexibility index (Phi) is 5.59. The fourth-order valence-corrected chi connectivity index (χ4v) is 3.16. The van der Waals surface area contributed by atoms with E-state index in [1.165, 1.54) is 6.07 Å². The molecule has 0 saturated carbocycles. The van der Waals surface area contributed by atoms with E-state index in [0.29, 0.717) is 16.3 Å². The summed E-state index contributed by atoms with van der Waals surface area (Å²) in [6.45, 7) is 1.72. The maximum Gasteiger partial charge on any atom is 0.285 e. The summed E-state index contributed by atoms with van der Waals surface area (Å²) in [5, 5.41) is 3.48. The first-order valence-corrected chi connectivity index (χ1v) is 8.60. The van der Waals surface area contributed by atoms with E-state index in [0.717, 1.165) is 0 Å². The molecule has 0 heterocycles. The first-order valence-electron chi connectivity index (χ1n) is 6.78. The second-order valence-electron chi connectivity index (χ2n) is 4.69. The Morgan fingerprint density at radius 2 is 1.74 bits per heavy atom. The lowest BCUT2D eigenvalue weighted by atomic mass is 10.2. The molecule has 0 radical (unpaired) electrons. The van der Waals surface area contributed by atoms with Crippen LogP contribution in [0.15, 0.2) is 57.8 Å². The van der Waals surface area contributed by atoms with Gasteiger partial charge in [0.2, 0.25) is 5.96 Å². The minimum atomic E-state index is -3.84. The Morgan fingerprint density at radius 1 is 1.09 bits per heavy atom. The highest BCUT2D eigenvalue weighted by Gasteiger charge is 2.16. The Hall–Kier alpha value is -2.09. The monoisotopic (exact) mass is 352 g/mol. The normalized spacial score (nSPS) is 12.0. The molecular formula is C15H17ClN4O2S. The first kappa shape index (κ1) is 17.3. The number of hydrazine groups is 1. The molecule has 2 rings (SSSR count). The summed E-state index contributed by atoms with van der Waals surface area (Å²) in [6, 6.07) is 13.5. The number of sulfonamides is 1. The molecule has 0 spiro atoms. The Labute approximate surface area is 140 Å². The largest absolute Gasteiger partial charge is 0.324 e. The van der Waals surface area contributed by atoms with Crippen molar-refractivity contribution >= 4 is 33.3 Å². The van der Waals surface area contributed by atoms with Crippen molar-refractivity contribution in [1.82, 2.24) is 10.9 Å². The van der Waals surface area contributed by atoms with Crippen LogP contribution in [0.25, 0.3) is 0 Å². The van der Waals surface area contributed by atoms with E-state index in [9.17, 15) is 8.42 Å². The van der Waals surface area contributed by atoms with Crippen LogP contribution in [0.1, 0.15) is 5.56 Å². The van der Waals surface area contributed by atoms with Crippen LogP contribution in [0.2, 0.25) is 5.02 Å². The van der Waals surface area contributed by atoms with Crippen molar-refractivity contribution in [3.8, 4) is 0 Å². The fraction of sp³-hybridized carbons (Fsp3) is 0.133. The molecule has 0 aromatic heterocycles. The van der Waals surface area contributed by atoms with E-state index in [2.05, 4.69) is 20.6 Å². The predicted octanol–water partition coefficient (Wildman–Crippen LogP) is 2.53. The number of nitrogens with one attached hydrogen (secondary N) is 3. The highest BCUT2D eigenvalue weighted by atomic mass is 35.5. The number of hydrogen-bond donors (Lipinski definition) is 3. The molecule has 0 aliphatic heterocycles. The maximum absolute atomic E-state index is 12.5. The van der Waals surface area contributed by atoms with Crippen molar-refractivity contribution < 1.29 is 8.42 Å². The summed E-state index contributed by atoms with van der Waals surface area (Å²) in [6.07, 6.45) is 0. The van der Waals surface area contributed by atoms with Gasteiger partial charge in [0.1, 0.15) is 0 Å². The van der Waals surface area contributed by atoms with Gasteiger partial charge in [-0.25, -0.2) is 5.43 Å². The second kappa shape index (κ2) is 7.45. The lowest BCUT2D eigenvalue weighted by Gasteiger charge is -2.12. The van der Waals surface area contributed by atoms with Gasteiger partial charge in [-0.2, -0.15) is 8.42 Å². The van der Waals surface area contributed by atoms with Crippen LogP contribution < -0.4 is 16.2 Å². The molecule has 0 fully saturated rings. The van der Waals surface area contributed by atoms with Crippen molar-refractivity contribution in [3.63, 3.8) is 0 Å². The summed E-state index contributed by atoms with van der Waals surface area (Å²) < 4.78 is 28.8. The van der Waals surface area contributed by atoms with Crippen LogP contribution >= 0.6 is 11.6 Å². The third-order valence-corrected chi connectivity index (χ3v) is 4.62. The number of benzene rings is 2. The second-order valence-corrected chi connectivity index (χ2v) is 6.70. The molecule has 0 unspecified atom stereocenters. The van der Waals surface area contributed by atoms with Crippen molar-refractivity contribution in [2.75, 3.05) is 12.4 Å².